The standard InChI is InChI=1S/C20H16F2N2/c1-10-19-18(14-8-12(22)3-5-16(14)23-10)15-9-20(19,2)24-17-6-4-11(21)7-13(15)17/h3-8,15,24H,9H2,1-2H3. The Hall–Kier alpha value is -2.49. The highest BCUT2D eigenvalue weighted by Crippen LogP contribution is 2.57. The molecule has 1 aromatic heterocycles. The fraction of sp³-hybridized carbons (Fsp3) is 0.250. The lowest BCUT2D eigenvalue weighted by atomic mass is 9.85. The Labute approximate surface area is 138 Å². The van der Waals surface area contributed by atoms with Crippen LogP contribution in [0.25, 0.3) is 10.9 Å². The summed E-state index contributed by atoms with van der Waals surface area (Å²) in [5, 5.41) is 4.40. The van der Waals surface area contributed by atoms with Crippen molar-refractivity contribution in [1.82, 2.24) is 4.98 Å². The van der Waals surface area contributed by atoms with Crippen molar-refractivity contribution in [2.45, 2.75) is 31.7 Å². The fourth-order valence-electron chi connectivity index (χ4n) is 4.67. The van der Waals surface area contributed by atoms with Gasteiger partial charge in [0.25, 0.3) is 0 Å². The van der Waals surface area contributed by atoms with Gasteiger partial charge in [-0.25, -0.2) is 8.78 Å². The lowest BCUT2D eigenvalue weighted by molar-refractivity contribution is 0.492. The second kappa shape index (κ2) is 4.32. The van der Waals surface area contributed by atoms with E-state index in [0.29, 0.717) is 0 Å². The number of anilines is 1. The quantitative estimate of drug-likeness (QED) is 0.630. The minimum absolute atomic E-state index is 0.0583. The molecule has 4 heteroatoms. The molecule has 0 saturated carbocycles. The van der Waals surface area contributed by atoms with Crippen LogP contribution in [0, 0.1) is 18.6 Å². The molecule has 1 aliphatic carbocycles. The number of aryl methyl sites for hydroxylation is 1. The van der Waals surface area contributed by atoms with E-state index in [-0.39, 0.29) is 23.1 Å². The van der Waals surface area contributed by atoms with Crippen LogP contribution in [0.3, 0.4) is 0 Å². The average Bonchev–Trinajstić information content (AvgIpc) is 2.79. The van der Waals surface area contributed by atoms with E-state index in [1.54, 1.807) is 24.3 Å². The Morgan fingerprint density at radius 2 is 1.88 bits per heavy atom. The van der Waals surface area contributed by atoms with Gasteiger partial charge in [-0.2, -0.15) is 0 Å². The summed E-state index contributed by atoms with van der Waals surface area (Å²) in [6, 6.07) is 9.60. The summed E-state index contributed by atoms with van der Waals surface area (Å²) < 4.78 is 27.7. The van der Waals surface area contributed by atoms with Crippen molar-refractivity contribution in [2.75, 3.05) is 5.32 Å². The molecule has 0 spiro atoms. The molecule has 24 heavy (non-hydrogen) atoms. The maximum Gasteiger partial charge on any atom is 0.123 e. The number of nitrogens with one attached hydrogen (secondary N) is 1. The van der Waals surface area contributed by atoms with Crippen molar-refractivity contribution >= 4 is 16.6 Å². The Bertz CT molecular complexity index is 1030. The first-order valence-electron chi connectivity index (χ1n) is 8.14. The van der Waals surface area contributed by atoms with E-state index in [1.807, 2.05) is 6.92 Å². The summed E-state index contributed by atoms with van der Waals surface area (Å²) in [7, 11) is 0. The molecule has 0 amide bonds. The molecule has 120 valence electrons. The highest BCUT2D eigenvalue weighted by Gasteiger charge is 2.47. The van der Waals surface area contributed by atoms with E-state index < -0.39 is 0 Å². The van der Waals surface area contributed by atoms with E-state index >= 15 is 0 Å². The molecule has 1 N–H and O–H groups in total. The molecule has 1 aliphatic heterocycles. The van der Waals surface area contributed by atoms with E-state index in [4.69, 9.17) is 4.98 Å². The van der Waals surface area contributed by atoms with Gasteiger partial charge in [-0.3, -0.25) is 4.98 Å². The predicted octanol–water partition coefficient (Wildman–Crippen LogP) is 5.00. The minimum Gasteiger partial charge on any atom is -0.375 e. The van der Waals surface area contributed by atoms with Gasteiger partial charge in [0.2, 0.25) is 0 Å². The minimum atomic E-state index is -0.269. The van der Waals surface area contributed by atoms with Crippen molar-refractivity contribution in [3.8, 4) is 0 Å². The molecule has 2 bridgehead atoms. The van der Waals surface area contributed by atoms with E-state index in [1.165, 1.54) is 12.1 Å². The SMILES string of the molecule is Cc1nc2ccc(F)cc2c2c1C1(C)CC2c2cc(F)ccc2N1. The van der Waals surface area contributed by atoms with Crippen LogP contribution in [0.15, 0.2) is 36.4 Å². The summed E-state index contributed by atoms with van der Waals surface area (Å²) in [4.78, 5) is 4.69. The molecule has 2 unspecified atom stereocenters. The number of fused-ring (bicyclic) bond motifs is 9. The Morgan fingerprint density at radius 3 is 2.71 bits per heavy atom. The number of hydrogen-bond acceptors (Lipinski definition) is 2. The number of halogens is 2. The molecule has 2 nitrogen and oxygen atoms in total. The van der Waals surface area contributed by atoms with Crippen molar-refractivity contribution in [3.05, 3.63) is 70.4 Å². The monoisotopic (exact) mass is 322 g/mol. The van der Waals surface area contributed by atoms with Crippen molar-refractivity contribution in [2.24, 2.45) is 0 Å². The van der Waals surface area contributed by atoms with Crippen LogP contribution in [0.5, 0.6) is 0 Å². The predicted molar refractivity (Wildman–Crippen MR) is 90.3 cm³/mol. The van der Waals surface area contributed by atoms with Gasteiger partial charge in [-0.05, 0) is 67.8 Å². The molecule has 0 fully saturated rings. The molecular formula is C20H16F2N2. The highest BCUT2D eigenvalue weighted by atomic mass is 19.1. The molecule has 2 aromatic carbocycles. The smallest absolute Gasteiger partial charge is 0.123 e. The number of hydrogen-bond donors (Lipinski definition) is 1. The average molecular weight is 322 g/mol. The molecular weight excluding hydrogens is 306 g/mol. The zero-order chi connectivity index (χ0) is 16.6. The zero-order valence-corrected chi connectivity index (χ0v) is 13.5. The molecule has 2 heterocycles. The Balaban J connectivity index is 1.91. The largest absolute Gasteiger partial charge is 0.375 e. The first-order chi connectivity index (χ1) is 11.5. The zero-order valence-electron chi connectivity index (χ0n) is 13.5. The van der Waals surface area contributed by atoms with Gasteiger partial charge in [0.05, 0.1) is 11.1 Å². The highest BCUT2D eigenvalue weighted by molar-refractivity contribution is 5.88. The first kappa shape index (κ1) is 13.9. The molecule has 5 rings (SSSR count). The van der Waals surface area contributed by atoms with E-state index in [9.17, 15) is 8.78 Å². The third-order valence-electron chi connectivity index (χ3n) is 5.48. The van der Waals surface area contributed by atoms with E-state index in [0.717, 1.165) is 45.4 Å². The van der Waals surface area contributed by atoms with E-state index in [2.05, 4.69) is 12.2 Å². The summed E-state index contributed by atoms with van der Waals surface area (Å²) in [5.74, 6) is -0.453. The molecule has 2 atom stereocenters. The number of benzene rings is 2. The van der Waals surface area contributed by atoms with Crippen LogP contribution in [-0.4, -0.2) is 4.98 Å². The summed E-state index contributed by atoms with van der Waals surface area (Å²) in [6.45, 7) is 4.15. The number of rotatable bonds is 0. The molecule has 3 aromatic rings. The summed E-state index contributed by atoms with van der Waals surface area (Å²) in [5.41, 5.74) is 5.61. The lowest BCUT2D eigenvalue weighted by Gasteiger charge is -2.34. The van der Waals surface area contributed by atoms with Crippen LogP contribution in [-0.2, 0) is 5.54 Å². The Kier molecular flexibility index (Phi) is 2.50. The lowest BCUT2D eigenvalue weighted by Crippen LogP contribution is -2.33. The van der Waals surface area contributed by atoms with Gasteiger partial charge in [0, 0.05) is 28.2 Å². The van der Waals surface area contributed by atoms with Crippen molar-refractivity contribution in [1.29, 1.82) is 0 Å². The van der Waals surface area contributed by atoms with Crippen LogP contribution in [0.1, 0.15) is 41.6 Å². The number of pyridine rings is 1. The normalized spacial score (nSPS) is 23.8. The van der Waals surface area contributed by atoms with Crippen LogP contribution >= 0.6 is 0 Å². The van der Waals surface area contributed by atoms with Crippen LogP contribution in [0.2, 0.25) is 0 Å². The summed E-state index contributed by atoms with van der Waals surface area (Å²) in [6.07, 6.45) is 0.830. The molecule has 2 aliphatic rings. The maximum atomic E-state index is 13.9. The first-order valence-corrected chi connectivity index (χ1v) is 8.14. The van der Waals surface area contributed by atoms with Crippen LogP contribution in [0.4, 0.5) is 14.5 Å². The van der Waals surface area contributed by atoms with Crippen molar-refractivity contribution < 1.29 is 8.78 Å². The van der Waals surface area contributed by atoms with Gasteiger partial charge in [-0.15, -0.1) is 0 Å². The third-order valence-corrected chi connectivity index (χ3v) is 5.48. The topological polar surface area (TPSA) is 24.9 Å². The maximum absolute atomic E-state index is 13.9. The van der Waals surface area contributed by atoms with Crippen molar-refractivity contribution in [3.63, 3.8) is 0 Å². The molecule has 0 radical (unpaired) electrons. The fourth-order valence-corrected chi connectivity index (χ4v) is 4.67. The third kappa shape index (κ3) is 1.66. The number of aromatic nitrogens is 1. The van der Waals surface area contributed by atoms with Gasteiger partial charge >= 0.3 is 0 Å². The van der Waals surface area contributed by atoms with Gasteiger partial charge in [-0.1, -0.05) is 0 Å². The van der Waals surface area contributed by atoms with Gasteiger partial charge in [0.15, 0.2) is 0 Å². The van der Waals surface area contributed by atoms with Gasteiger partial charge in [0.1, 0.15) is 11.6 Å². The van der Waals surface area contributed by atoms with Crippen LogP contribution < -0.4 is 5.32 Å². The number of nitrogens with zero attached hydrogens (tertiary/aromatic N) is 1. The Morgan fingerprint density at radius 1 is 1.12 bits per heavy atom. The second-order valence-corrected chi connectivity index (χ2v) is 7.09. The summed E-state index contributed by atoms with van der Waals surface area (Å²) >= 11 is 0. The second-order valence-electron chi connectivity index (χ2n) is 7.09. The molecule has 0 saturated heterocycles. The van der Waals surface area contributed by atoms with Gasteiger partial charge < -0.3 is 5.32 Å².